The standard InChI is InChI=1S/C72H62N2/c1-9-10-32-61(48(2)3)63-39-36-58(44-52(63)7)73(56-28-13-11-14-29-56)60-38-41-67-68(46-60)72(54-26-21-23-49(4)42-54,55-27-22-24-50(5)43-55)69-47-70(65-34-19-20-35-66(65)71(67)69)74(57-30-15-12-16-31-57)59-37-40-64(53(8)45-59)62-33-18-17-25-51(62)6/h9-47H,1H2,2-8H3/b32-10-. The molecule has 0 radical (unpaired) electrons. The predicted octanol–water partition coefficient (Wildman–Crippen LogP) is 19.9. The molecule has 11 rings (SSSR count). The summed E-state index contributed by atoms with van der Waals surface area (Å²) in [6, 6.07) is 81.7. The van der Waals surface area contributed by atoms with Gasteiger partial charge in [-0.15, -0.1) is 0 Å². The predicted molar refractivity (Wildman–Crippen MR) is 317 cm³/mol. The van der Waals surface area contributed by atoms with Crippen LogP contribution in [0, 0.1) is 34.6 Å². The smallest absolute Gasteiger partial charge is 0.0715 e. The Balaban J connectivity index is 1.21. The number of fused-ring (bicyclic) bond motifs is 5. The lowest BCUT2D eigenvalue weighted by Crippen LogP contribution is -2.29. The summed E-state index contributed by atoms with van der Waals surface area (Å²) in [7, 11) is 0. The van der Waals surface area contributed by atoms with Gasteiger partial charge in [0.15, 0.2) is 0 Å². The van der Waals surface area contributed by atoms with Crippen LogP contribution in [0.25, 0.3) is 38.6 Å². The number of rotatable bonds is 12. The molecule has 0 spiro atoms. The molecule has 0 heterocycles. The highest BCUT2D eigenvalue weighted by Gasteiger charge is 2.48. The number of hydrogen-bond acceptors (Lipinski definition) is 2. The van der Waals surface area contributed by atoms with Crippen LogP contribution in [-0.4, -0.2) is 0 Å². The van der Waals surface area contributed by atoms with Crippen molar-refractivity contribution in [1.82, 2.24) is 0 Å². The van der Waals surface area contributed by atoms with E-state index in [0.29, 0.717) is 0 Å². The number of hydrogen-bond donors (Lipinski definition) is 0. The Bertz CT molecular complexity index is 3780. The van der Waals surface area contributed by atoms with Crippen LogP contribution in [-0.2, 0) is 5.41 Å². The molecule has 74 heavy (non-hydrogen) atoms. The van der Waals surface area contributed by atoms with E-state index in [0.717, 1.165) is 34.1 Å². The van der Waals surface area contributed by atoms with Gasteiger partial charge in [0.05, 0.1) is 11.1 Å². The molecule has 0 amide bonds. The van der Waals surface area contributed by atoms with Crippen LogP contribution in [0.4, 0.5) is 34.1 Å². The summed E-state index contributed by atoms with van der Waals surface area (Å²) < 4.78 is 0. The minimum Gasteiger partial charge on any atom is -0.310 e. The van der Waals surface area contributed by atoms with Crippen LogP contribution in [0.15, 0.2) is 249 Å². The molecule has 0 N–H and O–H groups in total. The van der Waals surface area contributed by atoms with Crippen molar-refractivity contribution in [2.75, 3.05) is 9.80 Å². The van der Waals surface area contributed by atoms with Gasteiger partial charge in [-0.1, -0.05) is 193 Å². The van der Waals surface area contributed by atoms with Gasteiger partial charge in [-0.25, -0.2) is 0 Å². The van der Waals surface area contributed by atoms with Crippen molar-refractivity contribution in [2.24, 2.45) is 0 Å². The number of anilines is 6. The molecule has 1 aliphatic rings. The van der Waals surface area contributed by atoms with E-state index in [1.165, 1.54) is 99.8 Å². The normalized spacial score (nSPS) is 12.4. The maximum absolute atomic E-state index is 3.96. The molecule has 2 nitrogen and oxygen atoms in total. The van der Waals surface area contributed by atoms with Gasteiger partial charge in [0.2, 0.25) is 0 Å². The Morgan fingerprint density at radius 2 is 0.959 bits per heavy atom. The monoisotopic (exact) mass is 954 g/mol. The Morgan fingerprint density at radius 1 is 0.419 bits per heavy atom. The van der Waals surface area contributed by atoms with Crippen molar-refractivity contribution in [2.45, 2.75) is 53.9 Å². The van der Waals surface area contributed by atoms with E-state index in [2.05, 4.69) is 289 Å². The lowest BCUT2D eigenvalue weighted by atomic mass is 9.67. The number of aryl methyl sites for hydroxylation is 5. The van der Waals surface area contributed by atoms with E-state index in [4.69, 9.17) is 0 Å². The summed E-state index contributed by atoms with van der Waals surface area (Å²) in [6.07, 6.45) is 6.04. The second kappa shape index (κ2) is 19.7. The molecule has 1 aliphatic carbocycles. The van der Waals surface area contributed by atoms with Crippen LogP contribution in [0.5, 0.6) is 0 Å². The Kier molecular flexibility index (Phi) is 12.7. The van der Waals surface area contributed by atoms with Crippen molar-refractivity contribution < 1.29 is 0 Å². The number of benzene rings is 10. The van der Waals surface area contributed by atoms with Crippen LogP contribution in [0.2, 0.25) is 0 Å². The van der Waals surface area contributed by atoms with Gasteiger partial charge >= 0.3 is 0 Å². The zero-order valence-electron chi connectivity index (χ0n) is 43.6. The average Bonchev–Trinajstić information content (AvgIpc) is 3.71. The first kappa shape index (κ1) is 47.6. The van der Waals surface area contributed by atoms with Gasteiger partial charge in [-0.05, 0) is 193 Å². The van der Waals surface area contributed by atoms with Crippen molar-refractivity contribution in [1.29, 1.82) is 0 Å². The zero-order valence-corrected chi connectivity index (χ0v) is 43.6. The first-order chi connectivity index (χ1) is 36.1. The summed E-state index contributed by atoms with van der Waals surface area (Å²) in [6.45, 7) is 19.5. The Morgan fingerprint density at radius 3 is 1.57 bits per heavy atom. The van der Waals surface area contributed by atoms with Gasteiger partial charge in [0.1, 0.15) is 0 Å². The number of para-hydroxylation sites is 2. The molecule has 0 aromatic heterocycles. The molecule has 2 heteroatoms. The Hall–Kier alpha value is -8.72. The number of allylic oxidation sites excluding steroid dienone is 5. The fourth-order valence-electron chi connectivity index (χ4n) is 11.8. The minimum atomic E-state index is -0.720. The summed E-state index contributed by atoms with van der Waals surface area (Å²) in [5.74, 6) is 0. The third-order valence-corrected chi connectivity index (χ3v) is 15.1. The van der Waals surface area contributed by atoms with Gasteiger partial charge in [-0.3, -0.25) is 0 Å². The Labute approximate surface area is 438 Å². The topological polar surface area (TPSA) is 6.48 Å². The largest absolute Gasteiger partial charge is 0.310 e. The third-order valence-electron chi connectivity index (χ3n) is 15.1. The van der Waals surface area contributed by atoms with E-state index in [1.54, 1.807) is 0 Å². The molecule has 0 saturated heterocycles. The van der Waals surface area contributed by atoms with E-state index in [1.807, 2.05) is 12.2 Å². The first-order valence-electron chi connectivity index (χ1n) is 25.9. The minimum absolute atomic E-state index is 0.720. The van der Waals surface area contributed by atoms with E-state index >= 15 is 0 Å². The fourth-order valence-corrected chi connectivity index (χ4v) is 11.8. The summed E-state index contributed by atoms with van der Waals surface area (Å²) >= 11 is 0. The van der Waals surface area contributed by atoms with Crippen LogP contribution < -0.4 is 9.80 Å². The van der Waals surface area contributed by atoms with Crippen LogP contribution in [0.1, 0.15) is 69.5 Å². The lowest BCUT2D eigenvalue weighted by Gasteiger charge is -2.36. The van der Waals surface area contributed by atoms with Gasteiger partial charge < -0.3 is 9.80 Å². The van der Waals surface area contributed by atoms with Crippen LogP contribution in [0.3, 0.4) is 0 Å². The van der Waals surface area contributed by atoms with Gasteiger partial charge in [0.25, 0.3) is 0 Å². The highest BCUT2D eigenvalue weighted by atomic mass is 15.1. The highest BCUT2D eigenvalue weighted by Crippen LogP contribution is 2.61. The van der Waals surface area contributed by atoms with Crippen molar-refractivity contribution in [3.05, 3.63) is 304 Å². The van der Waals surface area contributed by atoms with E-state index in [9.17, 15) is 0 Å². The SMILES string of the molecule is C=C/C=C\C(=C(C)C)c1ccc(N(c2ccccc2)c2ccc3c(c2)C(c2cccc(C)c2)(c2cccc(C)c2)c2cc(N(c4ccccc4)c4ccc(-c5ccccc5C)c(C)c4)c4ccccc4c2-3)cc1C. The fraction of sp³-hybridized carbons (Fsp3) is 0.111. The molecule has 360 valence electrons. The molecule has 0 aliphatic heterocycles. The third kappa shape index (κ3) is 8.27. The van der Waals surface area contributed by atoms with Crippen LogP contribution >= 0.6 is 0 Å². The summed E-state index contributed by atoms with van der Waals surface area (Å²) in [5, 5.41) is 2.41. The first-order valence-corrected chi connectivity index (χ1v) is 25.9. The second-order valence-corrected chi connectivity index (χ2v) is 20.2. The van der Waals surface area contributed by atoms with Crippen molar-refractivity contribution in [3.8, 4) is 22.3 Å². The highest BCUT2D eigenvalue weighted by molar-refractivity contribution is 6.11. The maximum Gasteiger partial charge on any atom is 0.0715 e. The summed E-state index contributed by atoms with van der Waals surface area (Å²) in [5.41, 5.74) is 25.7. The van der Waals surface area contributed by atoms with Gasteiger partial charge in [-0.2, -0.15) is 0 Å². The molecule has 0 saturated carbocycles. The molecule has 0 bridgehead atoms. The van der Waals surface area contributed by atoms with Crippen molar-refractivity contribution in [3.63, 3.8) is 0 Å². The molecular formula is C72H62N2. The van der Waals surface area contributed by atoms with E-state index in [-0.39, 0.29) is 0 Å². The summed E-state index contributed by atoms with van der Waals surface area (Å²) in [4.78, 5) is 4.92. The molecular weight excluding hydrogens is 893 g/mol. The molecule has 10 aromatic carbocycles. The molecule has 10 aromatic rings. The lowest BCUT2D eigenvalue weighted by molar-refractivity contribution is 0.766. The van der Waals surface area contributed by atoms with Crippen molar-refractivity contribution >= 4 is 50.5 Å². The van der Waals surface area contributed by atoms with Gasteiger partial charge in [0, 0.05) is 33.8 Å². The van der Waals surface area contributed by atoms with E-state index < -0.39 is 5.41 Å². The maximum atomic E-state index is 3.96. The zero-order chi connectivity index (χ0) is 51.1. The number of nitrogens with zero attached hydrogens (tertiary/aromatic N) is 2. The second-order valence-electron chi connectivity index (χ2n) is 20.2. The molecule has 0 fully saturated rings. The average molecular weight is 955 g/mol. The molecule has 0 unspecified atom stereocenters. The molecule has 0 atom stereocenters. The quantitative estimate of drug-likeness (QED) is 0.113.